The van der Waals surface area contributed by atoms with Crippen LogP contribution in [0.3, 0.4) is 0 Å². The average molecular weight is 393 g/mol. The number of carbonyl (C=O) groups is 1. The molecule has 2 aromatic rings. The molecule has 1 N–H and O–H groups in total. The van der Waals surface area contributed by atoms with Crippen LogP contribution in [0.1, 0.15) is 31.0 Å². The second-order valence-corrected chi connectivity index (χ2v) is 7.81. The maximum Gasteiger partial charge on any atom is 0.265 e. The van der Waals surface area contributed by atoms with Crippen molar-refractivity contribution in [3.05, 3.63) is 41.6 Å². The molecule has 4 rings (SSSR count). The van der Waals surface area contributed by atoms with Crippen molar-refractivity contribution in [3.8, 4) is 0 Å². The first-order chi connectivity index (χ1) is 14.0. The van der Waals surface area contributed by atoms with Crippen LogP contribution >= 0.6 is 0 Å². The Morgan fingerprint density at radius 1 is 1.31 bits per heavy atom. The number of hydrogen-bond donors (Lipinski definition) is 1. The van der Waals surface area contributed by atoms with Gasteiger partial charge in [0.05, 0.1) is 5.69 Å². The summed E-state index contributed by atoms with van der Waals surface area (Å²) in [5.74, 6) is 0.264. The average Bonchev–Trinajstić information content (AvgIpc) is 3.13. The molecule has 0 aliphatic carbocycles. The summed E-state index contributed by atoms with van der Waals surface area (Å²) in [7, 11) is 1.24. The summed E-state index contributed by atoms with van der Waals surface area (Å²) in [5, 5.41) is 3.10. The van der Waals surface area contributed by atoms with E-state index in [1.165, 1.54) is 19.7 Å². The molecule has 8 heteroatoms. The number of nitrogens with zero attached hydrogens (tertiary/aromatic N) is 4. The van der Waals surface area contributed by atoms with Gasteiger partial charge in [-0.3, -0.25) is 4.79 Å². The summed E-state index contributed by atoms with van der Waals surface area (Å²) >= 11 is 0. The monoisotopic (exact) mass is 393 g/mol. The summed E-state index contributed by atoms with van der Waals surface area (Å²) < 4.78 is 13.6. The van der Waals surface area contributed by atoms with E-state index in [-0.39, 0.29) is 17.8 Å². The Bertz CT molecular complexity index is 958. The second-order valence-electron chi connectivity index (χ2n) is 7.81. The smallest absolute Gasteiger partial charge is 0.265 e. The molecule has 3 heterocycles. The SMILES string of the molecule is C/C(=N\c1c(C)ncnc1N1CCc2cc(F)ccc21)C(=O)NC1CCBCC1. The molecule has 0 saturated carbocycles. The zero-order chi connectivity index (χ0) is 20.4. The van der Waals surface area contributed by atoms with Crippen LogP contribution in [-0.2, 0) is 11.2 Å². The van der Waals surface area contributed by atoms with E-state index in [4.69, 9.17) is 0 Å². The van der Waals surface area contributed by atoms with Gasteiger partial charge in [-0.25, -0.2) is 19.4 Å². The maximum absolute atomic E-state index is 13.6. The van der Waals surface area contributed by atoms with E-state index in [2.05, 4.69) is 20.3 Å². The van der Waals surface area contributed by atoms with Gasteiger partial charge in [0.1, 0.15) is 30.8 Å². The topological polar surface area (TPSA) is 70.5 Å². The summed E-state index contributed by atoms with van der Waals surface area (Å²) in [6.07, 6.45) is 6.61. The molecule has 0 unspecified atom stereocenters. The molecule has 2 aliphatic heterocycles. The Balaban J connectivity index is 1.62. The molecule has 1 fully saturated rings. The lowest BCUT2D eigenvalue weighted by Crippen LogP contribution is -2.40. The lowest BCUT2D eigenvalue weighted by atomic mass is 9.63. The van der Waals surface area contributed by atoms with E-state index < -0.39 is 0 Å². The van der Waals surface area contributed by atoms with Crippen molar-refractivity contribution in [2.45, 2.75) is 51.8 Å². The number of rotatable bonds is 4. The van der Waals surface area contributed by atoms with E-state index >= 15 is 0 Å². The van der Waals surface area contributed by atoms with Gasteiger partial charge in [-0.1, -0.05) is 12.6 Å². The number of halogens is 1. The van der Waals surface area contributed by atoms with Crippen LogP contribution in [0.25, 0.3) is 0 Å². The standard InChI is InChI=1S/C21H25BFN5O/c1-13-19(26-14(2)21(29)27-17-5-8-22-9-6-17)20(25-12-24-13)28-10-7-15-11-16(23)3-4-18(15)28/h3-4,11-12,17,22H,5-10H2,1-2H3,(H,27,29)/b26-14+. The second kappa shape index (κ2) is 8.31. The molecule has 0 atom stereocenters. The third-order valence-corrected chi connectivity index (χ3v) is 5.73. The molecule has 1 saturated heterocycles. The number of aryl methyl sites for hydroxylation is 1. The highest BCUT2D eigenvalue weighted by molar-refractivity contribution is 6.39. The number of anilines is 2. The zero-order valence-corrected chi connectivity index (χ0v) is 16.9. The minimum absolute atomic E-state index is 0.144. The molecule has 2 aliphatic rings. The zero-order valence-electron chi connectivity index (χ0n) is 16.9. The number of benzene rings is 1. The Kier molecular flexibility index (Phi) is 5.60. The van der Waals surface area contributed by atoms with Gasteiger partial charge in [-0.05, 0) is 56.9 Å². The van der Waals surface area contributed by atoms with Gasteiger partial charge in [-0.15, -0.1) is 0 Å². The Morgan fingerprint density at radius 3 is 2.90 bits per heavy atom. The van der Waals surface area contributed by atoms with E-state index in [1.54, 1.807) is 19.1 Å². The fourth-order valence-corrected chi connectivity index (χ4v) is 4.13. The summed E-state index contributed by atoms with van der Waals surface area (Å²) in [6.45, 7) is 4.27. The number of hydrogen-bond acceptors (Lipinski definition) is 5. The Morgan fingerprint density at radius 2 is 2.10 bits per heavy atom. The minimum atomic E-state index is -0.238. The van der Waals surface area contributed by atoms with Crippen LogP contribution in [0.4, 0.5) is 21.6 Å². The first kappa shape index (κ1) is 19.5. The van der Waals surface area contributed by atoms with Crippen LogP contribution in [0.15, 0.2) is 29.5 Å². The molecule has 0 bridgehead atoms. The molecular formula is C21H25BFN5O. The lowest BCUT2D eigenvalue weighted by Gasteiger charge is -2.23. The molecule has 0 spiro atoms. The molecular weight excluding hydrogens is 368 g/mol. The largest absolute Gasteiger partial charge is 0.348 e. The molecule has 29 heavy (non-hydrogen) atoms. The number of aliphatic imine (C=N–C) groups is 1. The van der Waals surface area contributed by atoms with Crippen molar-refractivity contribution in [1.82, 2.24) is 15.3 Å². The number of nitrogens with one attached hydrogen (secondary N) is 1. The van der Waals surface area contributed by atoms with Gasteiger partial charge < -0.3 is 10.2 Å². The van der Waals surface area contributed by atoms with E-state index in [0.717, 1.165) is 43.2 Å². The number of fused-ring (bicyclic) bond motifs is 1. The fourth-order valence-electron chi connectivity index (χ4n) is 4.13. The van der Waals surface area contributed by atoms with Gasteiger partial charge in [0, 0.05) is 18.3 Å². The first-order valence-electron chi connectivity index (χ1n) is 10.3. The van der Waals surface area contributed by atoms with Crippen molar-refractivity contribution in [2.24, 2.45) is 4.99 Å². The highest BCUT2D eigenvalue weighted by Gasteiger charge is 2.25. The van der Waals surface area contributed by atoms with Gasteiger partial charge in [0.25, 0.3) is 5.91 Å². The minimum Gasteiger partial charge on any atom is -0.348 e. The number of amides is 1. The molecule has 0 radical (unpaired) electrons. The van der Waals surface area contributed by atoms with Gasteiger partial charge in [0.2, 0.25) is 0 Å². The Labute approximate surface area is 170 Å². The van der Waals surface area contributed by atoms with E-state index in [9.17, 15) is 9.18 Å². The van der Waals surface area contributed by atoms with Gasteiger partial charge in [0.15, 0.2) is 5.82 Å². The third-order valence-electron chi connectivity index (χ3n) is 5.73. The van der Waals surface area contributed by atoms with Crippen LogP contribution < -0.4 is 10.2 Å². The van der Waals surface area contributed by atoms with E-state index in [0.29, 0.717) is 29.5 Å². The summed E-state index contributed by atoms with van der Waals surface area (Å²) in [4.78, 5) is 28.0. The van der Waals surface area contributed by atoms with Crippen molar-refractivity contribution >= 4 is 36.1 Å². The van der Waals surface area contributed by atoms with Crippen LogP contribution in [0, 0.1) is 12.7 Å². The molecule has 150 valence electrons. The fraction of sp³-hybridized carbons (Fsp3) is 0.429. The highest BCUT2D eigenvalue weighted by Crippen LogP contribution is 2.39. The van der Waals surface area contributed by atoms with Crippen molar-refractivity contribution in [3.63, 3.8) is 0 Å². The van der Waals surface area contributed by atoms with Crippen LogP contribution in [0.5, 0.6) is 0 Å². The predicted molar refractivity (Wildman–Crippen MR) is 115 cm³/mol. The number of aromatic nitrogens is 2. The van der Waals surface area contributed by atoms with Crippen LogP contribution in [0.2, 0.25) is 12.6 Å². The molecule has 1 aromatic carbocycles. The number of carbonyl (C=O) groups excluding carboxylic acids is 1. The molecule has 1 aromatic heterocycles. The third kappa shape index (κ3) is 4.16. The Hall–Kier alpha value is -2.77. The lowest BCUT2D eigenvalue weighted by molar-refractivity contribution is -0.115. The maximum atomic E-state index is 13.6. The highest BCUT2D eigenvalue weighted by atomic mass is 19.1. The molecule has 1 amide bonds. The quantitative estimate of drug-likeness (QED) is 0.640. The van der Waals surface area contributed by atoms with E-state index in [1.807, 2.05) is 11.8 Å². The van der Waals surface area contributed by atoms with Crippen molar-refractivity contribution in [2.75, 3.05) is 11.4 Å². The molecule has 6 nitrogen and oxygen atoms in total. The van der Waals surface area contributed by atoms with Gasteiger partial charge in [-0.2, -0.15) is 0 Å². The van der Waals surface area contributed by atoms with Crippen LogP contribution in [-0.4, -0.2) is 41.5 Å². The summed E-state index contributed by atoms with van der Waals surface area (Å²) in [6, 6.07) is 5.02. The van der Waals surface area contributed by atoms with Crippen molar-refractivity contribution < 1.29 is 9.18 Å². The summed E-state index contributed by atoms with van der Waals surface area (Å²) in [5.41, 5.74) is 3.55. The first-order valence-corrected chi connectivity index (χ1v) is 10.3. The van der Waals surface area contributed by atoms with Crippen molar-refractivity contribution in [1.29, 1.82) is 0 Å². The normalized spacial score (nSPS) is 17.1. The van der Waals surface area contributed by atoms with Gasteiger partial charge >= 0.3 is 0 Å². The predicted octanol–water partition coefficient (Wildman–Crippen LogP) is 3.26.